The molecule has 1 aliphatic rings. The molecular formula is C21H23ClN2O3. The summed E-state index contributed by atoms with van der Waals surface area (Å²) < 4.78 is 11.6. The Balaban J connectivity index is 1.59. The van der Waals surface area contributed by atoms with Crippen molar-refractivity contribution in [3.05, 3.63) is 53.2 Å². The Labute approximate surface area is 164 Å². The molecule has 3 rings (SSSR count). The van der Waals surface area contributed by atoms with Crippen molar-refractivity contribution in [1.29, 1.82) is 0 Å². The van der Waals surface area contributed by atoms with Gasteiger partial charge < -0.3 is 14.8 Å². The predicted octanol–water partition coefficient (Wildman–Crippen LogP) is 5.00. The molecule has 1 fully saturated rings. The van der Waals surface area contributed by atoms with E-state index in [2.05, 4.69) is 10.3 Å². The fourth-order valence-corrected chi connectivity index (χ4v) is 2.82. The topological polar surface area (TPSA) is 60.5 Å². The first kappa shape index (κ1) is 19.2. The van der Waals surface area contributed by atoms with E-state index in [0.717, 1.165) is 24.2 Å². The molecule has 1 aliphatic carbocycles. The van der Waals surface area contributed by atoms with E-state index in [4.69, 9.17) is 21.1 Å². The molecule has 27 heavy (non-hydrogen) atoms. The monoisotopic (exact) mass is 386 g/mol. The van der Waals surface area contributed by atoms with Crippen molar-refractivity contribution in [3.63, 3.8) is 0 Å². The molecule has 5 nitrogen and oxygen atoms in total. The third-order valence-corrected chi connectivity index (χ3v) is 4.54. The Bertz CT molecular complexity index is 817. The van der Waals surface area contributed by atoms with Gasteiger partial charge in [0.15, 0.2) is 0 Å². The van der Waals surface area contributed by atoms with E-state index in [1.807, 2.05) is 31.2 Å². The number of ether oxygens (including phenoxy) is 2. The van der Waals surface area contributed by atoms with Gasteiger partial charge in [-0.05, 0) is 49.9 Å². The molecule has 1 saturated carbocycles. The third-order valence-electron chi connectivity index (χ3n) is 4.24. The minimum Gasteiger partial charge on any atom is -0.490 e. The van der Waals surface area contributed by atoms with E-state index < -0.39 is 0 Å². The SMILES string of the molecule is CC(=O)N[C@@H](C)/C=C/c1ccc(Oc2ccc(OC3CCC3)cc2Cl)nc1. The zero-order chi connectivity index (χ0) is 19.2. The van der Waals surface area contributed by atoms with Gasteiger partial charge in [0.2, 0.25) is 11.8 Å². The fourth-order valence-electron chi connectivity index (χ4n) is 2.61. The van der Waals surface area contributed by atoms with Gasteiger partial charge in [-0.1, -0.05) is 23.8 Å². The minimum atomic E-state index is -0.0602. The highest BCUT2D eigenvalue weighted by Crippen LogP contribution is 2.33. The van der Waals surface area contributed by atoms with Crippen LogP contribution in [0.1, 0.15) is 38.7 Å². The van der Waals surface area contributed by atoms with Crippen molar-refractivity contribution in [1.82, 2.24) is 10.3 Å². The number of nitrogens with one attached hydrogen (secondary N) is 1. The van der Waals surface area contributed by atoms with Crippen LogP contribution in [0.2, 0.25) is 5.02 Å². The van der Waals surface area contributed by atoms with Gasteiger partial charge in [0.25, 0.3) is 0 Å². The highest BCUT2D eigenvalue weighted by Gasteiger charge is 2.19. The number of nitrogens with zero attached hydrogens (tertiary/aromatic N) is 1. The molecule has 142 valence electrons. The minimum absolute atomic E-state index is 0.0436. The van der Waals surface area contributed by atoms with Crippen molar-refractivity contribution in [2.75, 3.05) is 0 Å². The van der Waals surface area contributed by atoms with Crippen molar-refractivity contribution in [2.24, 2.45) is 0 Å². The molecule has 0 spiro atoms. The molecule has 0 saturated heterocycles. The van der Waals surface area contributed by atoms with E-state index >= 15 is 0 Å². The van der Waals surface area contributed by atoms with Gasteiger partial charge in [0.1, 0.15) is 11.5 Å². The number of carbonyl (C=O) groups is 1. The lowest BCUT2D eigenvalue weighted by atomic mass is 9.96. The highest BCUT2D eigenvalue weighted by molar-refractivity contribution is 6.32. The number of halogens is 1. The van der Waals surface area contributed by atoms with Gasteiger partial charge in [-0.25, -0.2) is 4.98 Å². The number of hydrogen-bond donors (Lipinski definition) is 1. The predicted molar refractivity (Wildman–Crippen MR) is 106 cm³/mol. The van der Waals surface area contributed by atoms with Crippen LogP contribution in [0.25, 0.3) is 6.08 Å². The second-order valence-electron chi connectivity index (χ2n) is 6.64. The second-order valence-corrected chi connectivity index (χ2v) is 7.05. The number of benzene rings is 1. The Morgan fingerprint density at radius 2 is 2.15 bits per heavy atom. The summed E-state index contributed by atoms with van der Waals surface area (Å²) in [7, 11) is 0. The standard InChI is InChI=1S/C21H23ClN2O3/c1-14(24-15(2)25)6-7-16-8-11-21(23-13-16)27-20-10-9-18(12-19(20)22)26-17-4-3-5-17/h6-14,17H,3-5H2,1-2H3,(H,24,25)/b7-6+/t14-/m0/s1. The van der Waals surface area contributed by atoms with Gasteiger partial charge in [0, 0.05) is 31.3 Å². The molecule has 1 aromatic heterocycles. The van der Waals surface area contributed by atoms with Crippen LogP contribution in [-0.4, -0.2) is 23.0 Å². The molecule has 1 amide bonds. The van der Waals surface area contributed by atoms with E-state index in [9.17, 15) is 4.79 Å². The zero-order valence-corrected chi connectivity index (χ0v) is 16.2. The van der Waals surface area contributed by atoms with Crippen LogP contribution in [0.15, 0.2) is 42.6 Å². The maximum atomic E-state index is 11.0. The molecule has 0 unspecified atom stereocenters. The summed E-state index contributed by atoms with van der Waals surface area (Å²) in [5.74, 6) is 1.69. The first-order valence-corrected chi connectivity index (χ1v) is 9.43. The molecule has 2 aromatic rings. The number of amides is 1. The molecule has 1 atom stereocenters. The lowest BCUT2D eigenvalue weighted by Gasteiger charge is -2.26. The third kappa shape index (κ3) is 5.73. The average Bonchev–Trinajstić information content (AvgIpc) is 2.59. The molecule has 1 N–H and O–H groups in total. The Kier molecular flexibility index (Phi) is 6.35. The Morgan fingerprint density at radius 1 is 1.33 bits per heavy atom. The van der Waals surface area contributed by atoms with E-state index in [-0.39, 0.29) is 11.9 Å². The molecule has 6 heteroatoms. The molecule has 0 aliphatic heterocycles. The van der Waals surface area contributed by atoms with Crippen LogP contribution in [0.4, 0.5) is 0 Å². The number of aromatic nitrogens is 1. The molecule has 1 aromatic carbocycles. The first-order valence-electron chi connectivity index (χ1n) is 9.05. The molecule has 0 radical (unpaired) electrons. The van der Waals surface area contributed by atoms with Crippen LogP contribution in [-0.2, 0) is 4.79 Å². The zero-order valence-electron chi connectivity index (χ0n) is 15.4. The van der Waals surface area contributed by atoms with Crippen LogP contribution < -0.4 is 14.8 Å². The van der Waals surface area contributed by atoms with Crippen LogP contribution in [0.5, 0.6) is 17.4 Å². The van der Waals surface area contributed by atoms with E-state index in [1.165, 1.54) is 13.3 Å². The van der Waals surface area contributed by atoms with Crippen LogP contribution in [0, 0.1) is 0 Å². The quantitative estimate of drug-likeness (QED) is 0.727. The maximum Gasteiger partial charge on any atom is 0.219 e. The largest absolute Gasteiger partial charge is 0.490 e. The summed E-state index contributed by atoms with van der Waals surface area (Å²) in [6.07, 6.45) is 9.24. The summed E-state index contributed by atoms with van der Waals surface area (Å²) in [5, 5.41) is 3.28. The number of pyridine rings is 1. The first-order chi connectivity index (χ1) is 13.0. The highest BCUT2D eigenvalue weighted by atomic mass is 35.5. The number of rotatable bonds is 7. The molecule has 1 heterocycles. The Hall–Kier alpha value is -2.53. The normalized spacial score (nSPS) is 15.2. The van der Waals surface area contributed by atoms with Crippen LogP contribution in [0.3, 0.4) is 0 Å². The number of carbonyl (C=O) groups excluding carboxylic acids is 1. The Morgan fingerprint density at radius 3 is 2.74 bits per heavy atom. The van der Waals surface area contributed by atoms with Gasteiger partial charge in [0.05, 0.1) is 11.1 Å². The van der Waals surface area contributed by atoms with E-state index in [1.54, 1.807) is 24.4 Å². The van der Waals surface area contributed by atoms with Crippen molar-refractivity contribution in [3.8, 4) is 17.4 Å². The summed E-state index contributed by atoms with van der Waals surface area (Å²) in [6, 6.07) is 9.05. The van der Waals surface area contributed by atoms with Crippen LogP contribution >= 0.6 is 11.6 Å². The second kappa shape index (κ2) is 8.91. The summed E-state index contributed by atoms with van der Waals surface area (Å²) in [5.41, 5.74) is 0.912. The number of hydrogen-bond acceptors (Lipinski definition) is 4. The smallest absolute Gasteiger partial charge is 0.219 e. The van der Waals surface area contributed by atoms with Crippen molar-refractivity contribution < 1.29 is 14.3 Å². The summed E-state index contributed by atoms with van der Waals surface area (Å²) in [4.78, 5) is 15.3. The van der Waals surface area contributed by atoms with E-state index in [0.29, 0.717) is 22.8 Å². The lowest BCUT2D eigenvalue weighted by molar-refractivity contribution is -0.119. The van der Waals surface area contributed by atoms with Gasteiger partial charge in [-0.3, -0.25) is 4.79 Å². The van der Waals surface area contributed by atoms with Gasteiger partial charge in [-0.2, -0.15) is 0 Å². The van der Waals surface area contributed by atoms with Crippen molar-refractivity contribution >= 4 is 23.6 Å². The molecule has 0 bridgehead atoms. The maximum absolute atomic E-state index is 11.0. The van der Waals surface area contributed by atoms with Gasteiger partial charge >= 0.3 is 0 Å². The lowest BCUT2D eigenvalue weighted by Crippen LogP contribution is -2.28. The fraction of sp³-hybridized carbons (Fsp3) is 0.333. The molecular weight excluding hydrogens is 364 g/mol. The summed E-state index contributed by atoms with van der Waals surface area (Å²) in [6.45, 7) is 3.40. The van der Waals surface area contributed by atoms with Gasteiger partial charge in [-0.15, -0.1) is 0 Å². The average molecular weight is 387 g/mol. The summed E-state index contributed by atoms with van der Waals surface area (Å²) >= 11 is 6.30. The van der Waals surface area contributed by atoms with Crippen molar-refractivity contribution in [2.45, 2.75) is 45.3 Å².